The molecule has 0 aromatic heterocycles. The number of nitrogens with one attached hydrogen (secondary N) is 1. The van der Waals surface area contributed by atoms with Crippen molar-refractivity contribution < 1.29 is 14.3 Å². The molecule has 2 atom stereocenters. The van der Waals surface area contributed by atoms with Gasteiger partial charge in [0.25, 0.3) is 5.91 Å². The van der Waals surface area contributed by atoms with Crippen molar-refractivity contribution in [2.75, 3.05) is 14.2 Å². The Kier molecular flexibility index (Phi) is 2.93. The normalized spacial score (nSPS) is 24.2. The topological polar surface area (TPSA) is 47.6 Å². The first kappa shape index (κ1) is 12.1. The Labute approximate surface area is 112 Å². The standard InChI is InChI=1S/C15H17NO3/c1-18-13-7-10-9-5-3-4-6-12(9)16-15(17)11(10)8-14(13)19-2/h3,5,7-9,12H,4,6H2,1-2H3,(H,16,17)/t9-,12+/m1/s1. The van der Waals surface area contributed by atoms with Crippen LogP contribution in [0, 0.1) is 0 Å². The van der Waals surface area contributed by atoms with Crippen LogP contribution in [0.5, 0.6) is 11.5 Å². The second-order valence-electron chi connectivity index (χ2n) is 4.91. The number of ether oxygens (including phenoxy) is 2. The third-order valence-corrected chi connectivity index (χ3v) is 3.90. The maximum atomic E-state index is 12.2. The second-order valence-corrected chi connectivity index (χ2v) is 4.91. The van der Waals surface area contributed by atoms with Gasteiger partial charge < -0.3 is 14.8 Å². The van der Waals surface area contributed by atoms with E-state index < -0.39 is 0 Å². The number of hydrogen-bond acceptors (Lipinski definition) is 3. The maximum Gasteiger partial charge on any atom is 0.251 e. The summed E-state index contributed by atoms with van der Waals surface area (Å²) in [6.45, 7) is 0. The maximum absolute atomic E-state index is 12.2. The van der Waals surface area contributed by atoms with Crippen LogP contribution in [0.4, 0.5) is 0 Å². The summed E-state index contributed by atoms with van der Waals surface area (Å²) < 4.78 is 10.6. The molecule has 1 N–H and O–H groups in total. The number of rotatable bonds is 2. The molecule has 3 rings (SSSR count). The van der Waals surface area contributed by atoms with E-state index in [-0.39, 0.29) is 17.9 Å². The molecule has 1 aliphatic carbocycles. The Balaban J connectivity index is 2.15. The van der Waals surface area contributed by atoms with E-state index in [1.54, 1.807) is 20.3 Å². The Morgan fingerprint density at radius 3 is 2.68 bits per heavy atom. The number of carbonyl (C=O) groups excluding carboxylic acids is 1. The van der Waals surface area contributed by atoms with Gasteiger partial charge >= 0.3 is 0 Å². The molecule has 19 heavy (non-hydrogen) atoms. The Hall–Kier alpha value is -1.97. The summed E-state index contributed by atoms with van der Waals surface area (Å²) in [6, 6.07) is 3.89. The lowest BCUT2D eigenvalue weighted by molar-refractivity contribution is 0.0915. The van der Waals surface area contributed by atoms with Gasteiger partial charge in [0.2, 0.25) is 0 Å². The van der Waals surface area contributed by atoms with Gasteiger partial charge in [-0.1, -0.05) is 12.2 Å². The molecular formula is C15H17NO3. The number of carbonyl (C=O) groups is 1. The summed E-state index contributed by atoms with van der Waals surface area (Å²) in [5.74, 6) is 1.48. The van der Waals surface area contributed by atoms with E-state index in [1.807, 2.05) is 6.07 Å². The van der Waals surface area contributed by atoms with Crippen LogP contribution in [-0.4, -0.2) is 26.2 Å². The van der Waals surface area contributed by atoms with Crippen LogP contribution < -0.4 is 14.8 Å². The molecule has 0 spiro atoms. The van der Waals surface area contributed by atoms with Gasteiger partial charge in [0.15, 0.2) is 11.5 Å². The smallest absolute Gasteiger partial charge is 0.251 e. The molecule has 0 bridgehead atoms. The fourth-order valence-corrected chi connectivity index (χ4v) is 2.93. The van der Waals surface area contributed by atoms with Gasteiger partial charge in [-0.15, -0.1) is 0 Å². The van der Waals surface area contributed by atoms with E-state index >= 15 is 0 Å². The minimum atomic E-state index is -0.0208. The summed E-state index contributed by atoms with van der Waals surface area (Å²) >= 11 is 0. The molecule has 1 heterocycles. The molecule has 2 aliphatic rings. The van der Waals surface area contributed by atoms with Gasteiger partial charge in [-0.2, -0.15) is 0 Å². The van der Waals surface area contributed by atoms with Crippen molar-refractivity contribution in [3.8, 4) is 11.5 Å². The van der Waals surface area contributed by atoms with Crippen LogP contribution in [0.15, 0.2) is 24.3 Å². The molecule has 0 fully saturated rings. The summed E-state index contributed by atoms with van der Waals surface area (Å²) in [5.41, 5.74) is 1.72. The zero-order valence-corrected chi connectivity index (χ0v) is 11.1. The fraction of sp³-hybridized carbons (Fsp3) is 0.400. The van der Waals surface area contributed by atoms with Crippen LogP contribution in [0.3, 0.4) is 0 Å². The van der Waals surface area contributed by atoms with Crippen LogP contribution in [0.25, 0.3) is 0 Å². The summed E-state index contributed by atoms with van der Waals surface area (Å²) in [6.07, 6.45) is 6.36. The molecule has 1 aliphatic heterocycles. The third-order valence-electron chi connectivity index (χ3n) is 3.90. The molecular weight excluding hydrogens is 242 g/mol. The number of fused-ring (bicyclic) bond motifs is 3. The molecule has 0 radical (unpaired) electrons. The van der Waals surface area contributed by atoms with E-state index in [9.17, 15) is 4.79 Å². The average Bonchev–Trinajstić information content (AvgIpc) is 2.46. The highest BCUT2D eigenvalue weighted by atomic mass is 16.5. The lowest BCUT2D eigenvalue weighted by Crippen LogP contribution is -2.44. The molecule has 1 aromatic rings. The summed E-state index contributed by atoms with van der Waals surface area (Å²) in [4.78, 5) is 12.2. The van der Waals surface area contributed by atoms with Crippen molar-refractivity contribution in [3.63, 3.8) is 0 Å². The van der Waals surface area contributed by atoms with E-state index in [4.69, 9.17) is 9.47 Å². The highest BCUT2D eigenvalue weighted by Crippen LogP contribution is 2.39. The highest BCUT2D eigenvalue weighted by Gasteiger charge is 2.34. The molecule has 4 nitrogen and oxygen atoms in total. The van der Waals surface area contributed by atoms with Gasteiger partial charge in [0.05, 0.1) is 14.2 Å². The molecule has 100 valence electrons. The van der Waals surface area contributed by atoms with Crippen molar-refractivity contribution in [2.45, 2.75) is 24.8 Å². The van der Waals surface area contributed by atoms with Gasteiger partial charge in [-0.25, -0.2) is 0 Å². The van der Waals surface area contributed by atoms with E-state index in [1.165, 1.54) is 0 Å². The monoisotopic (exact) mass is 259 g/mol. The summed E-state index contributed by atoms with van der Waals surface area (Å²) in [7, 11) is 3.19. The van der Waals surface area contributed by atoms with Crippen molar-refractivity contribution in [1.29, 1.82) is 0 Å². The van der Waals surface area contributed by atoms with Crippen molar-refractivity contribution >= 4 is 5.91 Å². The number of hydrogen-bond donors (Lipinski definition) is 1. The SMILES string of the molecule is COc1cc2c(cc1OC)[C@H]1C=CCC[C@@H]1NC2=O. The minimum absolute atomic E-state index is 0.0208. The molecule has 1 amide bonds. The van der Waals surface area contributed by atoms with Gasteiger partial charge in [0, 0.05) is 17.5 Å². The molecule has 4 heteroatoms. The lowest BCUT2D eigenvalue weighted by atomic mass is 9.79. The number of amides is 1. The predicted octanol–water partition coefficient (Wildman–Crippen LogP) is 2.25. The Morgan fingerprint density at radius 1 is 1.21 bits per heavy atom. The molecule has 0 saturated carbocycles. The van der Waals surface area contributed by atoms with Crippen LogP contribution in [-0.2, 0) is 0 Å². The molecule has 1 aromatic carbocycles. The number of allylic oxidation sites excluding steroid dienone is 1. The van der Waals surface area contributed by atoms with Gasteiger partial charge in [0.1, 0.15) is 0 Å². The van der Waals surface area contributed by atoms with E-state index in [0.29, 0.717) is 17.1 Å². The minimum Gasteiger partial charge on any atom is -0.493 e. The zero-order chi connectivity index (χ0) is 13.4. The first-order valence-electron chi connectivity index (χ1n) is 6.48. The van der Waals surface area contributed by atoms with Gasteiger partial charge in [-0.3, -0.25) is 4.79 Å². The van der Waals surface area contributed by atoms with E-state index in [0.717, 1.165) is 18.4 Å². The fourth-order valence-electron chi connectivity index (χ4n) is 2.93. The highest BCUT2D eigenvalue weighted by molar-refractivity contribution is 5.98. The lowest BCUT2D eigenvalue weighted by Gasteiger charge is -2.34. The molecule has 0 saturated heterocycles. The molecule has 0 unspecified atom stereocenters. The van der Waals surface area contributed by atoms with Crippen LogP contribution in [0.1, 0.15) is 34.7 Å². The van der Waals surface area contributed by atoms with Gasteiger partial charge in [-0.05, 0) is 30.5 Å². The van der Waals surface area contributed by atoms with Crippen LogP contribution in [0.2, 0.25) is 0 Å². The largest absolute Gasteiger partial charge is 0.493 e. The van der Waals surface area contributed by atoms with E-state index in [2.05, 4.69) is 17.5 Å². The van der Waals surface area contributed by atoms with Crippen molar-refractivity contribution in [1.82, 2.24) is 5.32 Å². The van der Waals surface area contributed by atoms with Crippen molar-refractivity contribution in [3.05, 3.63) is 35.4 Å². The third kappa shape index (κ3) is 1.87. The quantitative estimate of drug-likeness (QED) is 0.829. The first-order valence-corrected chi connectivity index (χ1v) is 6.48. The Bertz CT molecular complexity index is 551. The number of methoxy groups -OCH3 is 2. The number of benzene rings is 1. The Morgan fingerprint density at radius 2 is 1.95 bits per heavy atom. The second kappa shape index (κ2) is 4.61. The zero-order valence-electron chi connectivity index (χ0n) is 11.1. The van der Waals surface area contributed by atoms with Crippen molar-refractivity contribution in [2.24, 2.45) is 0 Å². The average molecular weight is 259 g/mol. The first-order chi connectivity index (χ1) is 9.24. The summed E-state index contributed by atoms with van der Waals surface area (Å²) in [5, 5.41) is 3.08. The van der Waals surface area contributed by atoms with Crippen LogP contribution >= 0.6 is 0 Å². The predicted molar refractivity (Wildman–Crippen MR) is 71.9 cm³/mol.